The third-order valence-electron chi connectivity index (χ3n) is 3.61. The van der Waals surface area contributed by atoms with Gasteiger partial charge < -0.3 is 20.5 Å². The van der Waals surface area contributed by atoms with E-state index in [1.54, 1.807) is 18.4 Å². The van der Waals surface area contributed by atoms with Gasteiger partial charge in [0.15, 0.2) is 5.96 Å². The second kappa shape index (κ2) is 10.0. The van der Waals surface area contributed by atoms with Gasteiger partial charge in [0.1, 0.15) is 5.75 Å². The lowest BCUT2D eigenvalue weighted by Gasteiger charge is -2.13. The monoisotopic (exact) mass is 362 g/mol. The van der Waals surface area contributed by atoms with Gasteiger partial charge in [-0.1, -0.05) is 12.1 Å². The second-order valence-electron chi connectivity index (χ2n) is 5.54. The molecule has 0 saturated carbocycles. The molecule has 1 aromatic heterocycles. The van der Waals surface area contributed by atoms with Crippen molar-refractivity contribution >= 4 is 17.3 Å². The molecule has 25 heavy (non-hydrogen) atoms. The van der Waals surface area contributed by atoms with E-state index in [9.17, 15) is 5.11 Å². The smallest absolute Gasteiger partial charge is 0.191 e. The number of aryl methyl sites for hydroxylation is 1. The van der Waals surface area contributed by atoms with Crippen LogP contribution in [0.3, 0.4) is 0 Å². The number of hydrogen-bond donors (Lipinski definition) is 3. The van der Waals surface area contributed by atoms with Crippen molar-refractivity contribution in [2.75, 3.05) is 26.7 Å². The number of aliphatic imine (C=N–C) groups is 1. The van der Waals surface area contributed by atoms with Crippen molar-refractivity contribution in [2.45, 2.75) is 26.4 Å². The van der Waals surface area contributed by atoms with E-state index in [1.165, 1.54) is 0 Å². The lowest BCUT2D eigenvalue weighted by atomic mass is 10.1. The van der Waals surface area contributed by atoms with E-state index in [2.05, 4.69) is 26.0 Å². The Bertz CT molecular complexity index is 670. The summed E-state index contributed by atoms with van der Waals surface area (Å²) >= 11 is 1.66. The van der Waals surface area contributed by atoms with Crippen LogP contribution >= 0.6 is 11.3 Å². The van der Waals surface area contributed by atoms with Gasteiger partial charge in [0, 0.05) is 24.9 Å². The molecule has 0 radical (unpaired) electrons. The number of thiazole rings is 1. The standard InChI is InChI=1S/C18H26N4O2S/c1-4-19-18(20-10-9-15-12-25-13(2)22-15)21-11-17(23)14-5-7-16(24-3)8-6-14/h5-8,12,17,23H,4,9-11H2,1-3H3,(H2,19,20,21). The van der Waals surface area contributed by atoms with Crippen LogP contribution in [0.5, 0.6) is 5.75 Å². The Morgan fingerprint density at radius 2 is 2.08 bits per heavy atom. The second-order valence-corrected chi connectivity index (χ2v) is 6.61. The largest absolute Gasteiger partial charge is 0.497 e. The molecule has 2 rings (SSSR count). The van der Waals surface area contributed by atoms with Gasteiger partial charge in [-0.2, -0.15) is 0 Å². The lowest BCUT2D eigenvalue weighted by Crippen LogP contribution is -2.38. The van der Waals surface area contributed by atoms with Crippen LogP contribution in [-0.4, -0.2) is 42.8 Å². The highest BCUT2D eigenvalue weighted by molar-refractivity contribution is 7.09. The minimum atomic E-state index is -0.650. The van der Waals surface area contributed by atoms with Crippen LogP contribution in [0.4, 0.5) is 0 Å². The van der Waals surface area contributed by atoms with Crippen LogP contribution in [0.1, 0.15) is 29.3 Å². The van der Waals surface area contributed by atoms with Gasteiger partial charge in [0.05, 0.1) is 30.5 Å². The molecule has 1 unspecified atom stereocenters. The number of aromatic nitrogens is 1. The summed E-state index contributed by atoms with van der Waals surface area (Å²) < 4.78 is 5.13. The Hall–Kier alpha value is -2.12. The van der Waals surface area contributed by atoms with Crippen molar-refractivity contribution in [1.29, 1.82) is 0 Å². The molecule has 1 atom stereocenters. The van der Waals surface area contributed by atoms with Crippen molar-refractivity contribution in [3.8, 4) is 5.75 Å². The molecule has 2 aromatic rings. The number of benzene rings is 1. The molecule has 6 nitrogen and oxygen atoms in total. The molecule has 0 saturated heterocycles. The van der Waals surface area contributed by atoms with Crippen LogP contribution in [0, 0.1) is 6.92 Å². The number of nitrogens with one attached hydrogen (secondary N) is 2. The first-order valence-electron chi connectivity index (χ1n) is 8.37. The van der Waals surface area contributed by atoms with Crippen LogP contribution in [0.15, 0.2) is 34.6 Å². The predicted octanol–water partition coefficient (Wildman–Crippen LogP) is 2.29. The number of nitrogens with zero attached hydrogens (tertiary/aromatic N) is 2. The maximum atomic E-state index is 10.3. The molecule has 0 fully saturated rings. The minimum absolute atomic E-state index is 0.289. The number of rotatable bonds is 8. The first-order chi connectivity index (χ1) is 12.1. The Morgan fingerprint density at radius 1 is 1.32 bits per heavy atom. The van der Waals surface area contributed by atoms with Crippen LogP contribution in [-0.2, 0) is 6.42 Å². The lowest BCUT2D eigenvalue weighted by molar-refractivity contribution is 0.187. The first-order valence-corrected chi connectivity index (χ1v) is 9.25. The van der Waals surface area contributed by atoms with Crippen molar-refractivity contribution in [2.24, 2.45) is 4.99 Å². The molecule has 7 heteroatoms. The molecule has 0 spiro atoms. The Labute approximate surface area is 153 Å². The molecule has 1 heterocycles. The van der Waals surface area contributed by atoms with Crippen LogP contribution in [0.2, 0.25) is 0 Å². The van der Waals surface area contributed by atoms with Gasteiger partial charge in [-0.3, -0.25) is 4.99 Å². The quantitative estimate of drug-likeness (QED) is 0.496. The zero-order valence-corrected chi connectivity index (χ0v) is 15.8. The van der Waals surface area contributed by atoms with E-state index in [0.717, 1.165) is 41.5 Å². The first kappa shape index (κ1) is 19.2. The van der Waals surface area contributed by atoms with E-state index >= 15 is 0 Å². The normalized spacial score (nSPS) is 12.7. The Balaban J connectivity index is 1.86. The van der Waals surface area contributed by atoms with Gasteiger partial charge in [-0.15, -0.1) is 11.3 Å². The van der Waals surface area contributed by atoms with Gasteiger partial charge in [-0.05, 0) is 31.5 Å². The van der Waals surface area contributed by atoms with E-state index < -0.39 is 6.10 Å². The summed E-state index contributed by atoms with van der Waals surface area (Å²) in [6.07, 6.45) is 0.193. The fourth-order valence-electron chi connectivity index (χ4n) is 2.28. The summed E-state index contributed by atoms with van der Waals surface area (Å²) in [6.45, 7) is 5.82. The summed E-state index contributed by atoms with van der Waals surface area (Å²) in [5.41, 5.74) is 1.91. The van der Waals surface area contributed by atoms with E-state index in [1.807, 2.05) is 38.1 Å². The molecule has 0 aliphatic rings. The number of aliphatic hydroxyl groups is 1. The maximum Gasteiger partial charge on any atom is 0.191 e. The van der Waals surface area contributed by atoms with Gasteiger partial charge >= 0.3 is 0 Å². The maximum absolute atomic E-state index is 10.3. The molecule has 1 aromatic carbocycles. The van der Waals surface area contributed by atoms with Crippen molar-refractivity contribution < 1.29 is 9.84 Å². The molecule has 3 N–H and O–H groups in total. The van der Waals surface area contributed by atoms with Crippen molar-refractivity contribution in [1.82, 2.24) is 15.6 Å². The highest BCUT2D eigenvalue weighted by Crippen LogP contribution is 2.17. The molecular weight excluding hydrogens is 336 g/mol. The SMILES string of the molecule is CCNC(=NCC(O)c1ccc(OC)cc1)NCCc1csc(C)n1. The number of methoxy groups -OCH3 is 1. The molecule has 0 amide bonds. The van der Waals surface area contributed by atoms with Gasteiger partial charge in [0.2, 0.25) is 0 Å². The highest BCUT2D eigenvalue weighted by Gasteiger charge is 2.08. The number of guanidine groups is 1. The number of aliphatic hydroxyl groups excluding tert-OH is 1. The fraction of sp³-hybridized carbons (Fsp3) is 0.444. The predicted molar refractivity (Wildman–Crippen MR) is 102 cm³/mol. The zero-order chi connectivity index (χ0) is 18.1. The average molecular weight is 362 g/mol. The van der Waals surface area contributed by atoms with Gasteiger partial charge in [-0.25, -0.2) is 4.98 Å². The van der Waals surface area contributed by atoms with Gasteiger partial charge in [0.25, 0.3) is 0 Å². The van der Waals surface area contributed by atoms with E-state index in [0.29, 0.717) is 5.96 Å². The van der Waals surface area contributed by atoms with E-state index in [-0.39, 0.29) is 6.54 Å². The highest BCUT2D eigenvalue weighted by atomic mass is 32.1. The zero-order valence-electron chi connectivity index (χ0n) is 15.0. The van der Waals surface area contributed by atoms with Crippen LogP contribution < -0.4 is 15.4 Å². The van der Waals surface area contributed by atoms with Crippen molar-refractivity contribution in [3.05, 3.63) is 45.9 Å². The summed E-state index contributed by atoms with van der Waals surface area (Å²) in [4.78, 5) is 8.91. The summed E-state index contributed by atoms with van der Waals surface area (Å²) in [7, 11) is 1.62. The third kappa shape index (κ3) is 6.36. The Kier molecular flexibility index (Phi) is 7.69. The summed E-state index contributed by atoms with van der Waals surface area (Å²) in [6, 6.07) is 7.37. The molecule has 0 aliphatic heterocycles. The summed E-state index contributed by atoms with van der Waals surface area (Å²) in [5.74, 6) is 1.47. The number of ether oxygens (including phenoxy) is 1. The minimum Gasteiger partial charge on any atom is -0.497 e. The molecular formula is C18H26N4O2S. The summed E-state index contributed by atoms with van der Waals surface area (Å²) in [5, 5.41) is 19.9. The molecule has 0 bridgehead atoms. The third-order valence-corrected chi connectivity index (χ3v) is 4.43. The molecule has 0 aliphatic carbocycles. The average Bonchev–Trinajstić information content (AvgIpc) is 3.04. The fourth-order valence-corrected chi connectivity index (χ4v) is 2.93. The number of hydrogen-bond acceptors (Lipinski definition) is 5. The van der Waals surface area contributed by atoms with Crippen LogP contribution in [0.25, 0.3) is 0 Å². The van der Waals surface area contributed by atoms with E-state index in [4.69, 9.17) is 4.74 Å². The van der Waals surface area contributed by atoms with Crippen molar-refractivity contribution in [3.63, 3.8) is 0 Å². The topological polar surface area (TPSA) is 78.8 Å². The Morgan fingerprint density at radius 3 is 2.68 bits per heavy atom. The molecule has 136 valence electrons.